The first-order chi connectivity index (χ1) is 7.20. The van der Waals surface area contributed by atoms with E-state index < -0.39 is 6.09 Å². The number of amides is 1. The molecule has 1 aliphatic carbocycles. The van der Waals surface area contributed by atoms with Gasteiger partial charge in [-0.1, -0.05) is 6.07 Å². The van der Waals surface area contributed by atoms with Gasteiger partial charge in [-0.05, 0) is 42.0 Å². The summed E-state index contributed by atoms with van der Waals surface area (Å²) in [5, 5.41) is 20.0. The van der Waals surface area contributed by atoms with Crippen LogP contribution >= 0.6 is 0 Å². The number of benzene rings is 1. The lowest BCUT2D eigenvalue weighted by molar-refractivity contribution is 0.209. The van der Waals surface area contributed by atoms with E-state index in [2.05, 4.69) is 5.32 Å². The monoisotopic (exact) mass is 207 g/mol. The van der Waals surface area contributed by atoms with Gasteiger partial charge in [-0.15, -0.1) is 0 Å². The Bertz CT molecular complexity index is 385. The molecule has 0 saturated heterocycles. The van der Waals surface area contributed by atoms with Crippen LogP contribution in [0.2, 0.25) is 0 Å². The minimum absolute atomic E-state index is 0.0407. The zero-order chi connectivity index (χ0) is 10.8. The molecule has 3 N–H and O–H groups in total. The van der Waals surface area contributed by atoms with Gasteiger partial charge in [-0.25, -0.2) is 4.79 Å². The number of carbonyl (C=O) groups is 1. The van der Waals surface area contributed by atoms with Crippen molar-refractivity contribution in [3.05, 3.63) is 29.3 Å². The van der Waals surface area contributed by atoms with Gasteiger partial charge >= 0.3 is 6.09 Å². The number of carboxylic acid groups (broad SMARTS) is 1. The van der Waals surface area contributed by atoms with E-state index in [4.69, 9.17) is 5.11 Å². The standard InChI is InChI=1S/C11H13NO3/c13-6-8-5-9(12-11(14)15)3-4-10(8)7-1-2-7/h3-5,7,12-13H,1-2,6H2,(H,14,15). The quantitative estimate of drug-likeness (QED) is 0.711. The molecule has 15 heavy (non-hydrogen) atoms. The van der Waals surface area contributed by atoms with Crippen molar-refractivity contribution in [3.8, 4) is 0 Å². The van der Waals surface area contributed by atoms with Gasteiger partial charge < -0.3 is 10.2 Å². The number of nitrogens with one attached hydrogen (secondary N) is 1. The average molecular weight is 207 g/mol. The van der Waals surface area contributed by atoms with Gasteiger partial charge in [0.1, 0.15) is 0 Å². The van der Waals surface area contributed by atoms with Crippen molar-refractivity contribution in [1.29, 1.82) is 0 Å². The third-order valence-corrected chi connectivity index (χ3v) is 2.58. The molecule has 0 bridgehead atoms. The van der Waals surface area contributed by atoms with Crippen LogP contribution in [0.25, 0.3) is 0 Å². The predicted octanol–water partition coefficient (Wildman–Crippen LogP) is 2.15. The second-order valence-electron chi connectivity index (χ2n) is 3.78. The van der Waals surface area contributed by atoms with Gasteiger partial charge in [0.15, 0.2) is 0 Å². The summed E-state index contributed by atoms with van der Waals surface area (Å²) in [6, 6.07) is 5.33. The molecule has 0 aromatic heterocycles. The Kier molecular flexibility index (Phi) is 2.60. The molecule has 1 amide bonds. The van der Waals surface area contributed by atoms with E-state index in [0.717, 1.165) is 11.1 Å². The highest BCUT2D eigenvalue weighted by molar-refractivity contribution is 5.83. The molecule has 1 aliphatic rings. The second kappa shape index (κ2) is 3.90. The molecule has 1 aromatic carbocycles. The van der Waals surface area contributed by atoms with Crippen LogP contribution < -0.4 is 5.32 Å². The summed E-state index contributed by atoms with van der Waals surface area (Å²) in [7, 11) is 0. The molecule has 2 rings (SSSR count). The van der Waals surface area contributed by atoms with Gasteiger partial charge in [0.2, 0.25) is 0 Å². The highest BCUT2D eigenvalue weighted by Gasteiger charge is 2.25. The largest absolute Gasteiger partial charge is 0.465 e. The Morgan fingerprint density at radius 1 is 1.47 bits per heavy atom. The van der Waals surface area contributed by atoms with Crippen LogP contribution in [0, 0.1) is 0 Å². The van der Waals surface area contributed by atoms with E-state index in [1.54, 1.807) is 12.1 Å². The highest BCUT2D eigenvalue weighted by atomic mass is 16.4. The van der Waals surface area contributed by atoms with Crippen LogP contribution in [0.15, 0.2) is 18.2 Å². The first-order valence-corrected chi connectivity index (χ1v) is 4.94. The molecule has 0 atom stereocenters. The summed E-state index contributed by atoms with van der Waals surface area (Å²) in [4.78, 5) is 10.4. The van der Waals surface area contributed by atoms with Crippen LogP contribution in [0.5, 0.6) is 0 Å². The number of hydrogen-bond donors (Lipinski definition) is 3. The molecule has 80 valence electrons. The lowest BCUT2D eigenvalue weighted by atomic mass is 10.0. The van der Waals surface area contributed by atoms with Crippen LogP contribution in [0.3, 0.4) is 0 Å². The van der Waals surface area contributed by atoms with Crippen LogP contribution in [-0.2, 0) is 6.61 Å². The van der Waals surface area contributed by atoms with E-state index in [9.17, 15) is 9.90 Å². The first kappa shape index (κ1) is 9.98. The van der Waals surface area contributed by atoms with Gasteiger partial charge in [0.25, 0.3) is 0 Å². The van der Waals surface area contributed by atoms with E-state index in [-0.39, 0.29) is 6.61 Å². The van der Waals surface area contributed by atoms with Crippen molar-refractivity contribution in [2.45, 2.75) is 25.4 Å². The summed E-state index contributed by atoms with van der Waals surface area (Å²) in [5.74, 6) is 0.561. The van der Waals surface area contributed by atoms with Crippen LogP contribution in [-0.4, -0.2) is 16.3 Å². The minimum Gasteiger partial charge on any atom is -0.465 e. The fourth-order valence-corrected chi connectivity index (χ4v) is 1.74. The van der Waals surface area contributed by atoms with E-state index in [1.165, 1.54) is 12.8 Å². The van der Waals surface area contributed by atoms with Crippen molar-refractivity contribution >= 4 is 11.8 Å². The number of aliphatic hydroxyl groups excluding tert-OH is 1. The van der Waals surface area contributed by atoms with Crippen molar-refractivity contribution in [1.82, 2.24) is 0 Å². The maximum absolute atomic E-state index is 10.4. The first-order valence-electron chi connectivity index (χ1n) is 4.94. The zero-order valence-corrected chi connectivity index (χ0v) is 8.23. The highest BCUT2D eigenvalue weighted by Crippen LogP contribution is 2.42. The Morgan fingerprint density at radius 2 is 2.20 bits per heavy atom. The van der Waals surface area contributed by atoms with Crippen molar-refractivity contribution < 1.29 is 15.0 Å². The maximum atomic E-state index is 10.4. The van der Waals surface area contributed by atoms with E-state index >= 15 is 0 Å². The van der Waals surface area contributed by atoms with E-state index in [1.807, 2.05) is 6.07 Å². The Hall–Kier alpha value is -1.55. The second-order valence-corrected chi connectivity index (χ2v) is 3.78. The summed E-state index contributed by atoms with van der Waals surface area (Å²) >= 11 is 0. The summed E-state index contributed by atoms with van der Waals surface area (Å²) in [6.07, 6.45) is 1.25. The van der Waals surface area contributed by atoms with Crippen molar-refractivity contribution in [2.24, 2.45) is 0 Å². The molecule has 4 nitrogen and oxygen atoms in total. The molecule has 0 spiro atoms. The molecule has 0 aliphatic heterocycles. The summed E-state index contributed by atoms with van der Waals surface area (Å²) < 4.78 is 0. The number of hydrogen-bond acceptors (Lipinski definition) is 2. The predicted molar refractivity (Wildman–Crippen MR) is 56.0 cm³/mol. The molecule has 0 unspecified atom stereocenters. The van der Waals surface area contributed by atoms with Crippen molar-refractivity contribution in [2.75, 3.05) is 5.32 Å². The Morgan fingerprint density at radius 3 is 2.73 bits per heavy atom. The van der Waals surface area contributed by atoms with Gasteiger partial charge in [-0.2, -0.15) is 0 Å². The molecular weight excluding hydrogens is 194 g/mol. The Balaban J connectivity index is 2.25. The fourth-order valence-electron chi connectivity index (χ4n) is 1.74. The molecule has 4 heteroatoms. The van der Waals surface area contributed by atoms with Crippen LogP contribution in [0.1, 0.15) is 29.9 Å². The average Bonchev–Trinajstić information content (AvgIpc) is 3.00. The third-order valence-electron chi connectivity index (χ3n) is 2.58. The number of anilines is 1. The van der Waals surface area contributed by atoms with Crippen LogP contribution in [0.4, 0.5) is 10.5 Å². The lowest BCUT2D eigenvalue weighted by Gasteiger charge is -2.08. The topological polar surface area (TPSA) is 69.6 Å². The molecule has 1 aromatic rings. The minimum atomic E-state index is -1.09. The zero-order valence-electron chi connectivity index (χ0n) is 8.23. The maximum Gasteiger partial charge on any atom is 0.409 e. The lowest BCUT2D eigenvalue weighted by Crippen LogP contribution is -2.07. The van der Waals surface area contributed by atoms with Crippen molar-refractivity contribution in [3.63, 3.8) is 0 Å². The van der Waals surface area contributed by atoms with Gasteiger partial charge in [-0.3, -0.25) is 5.32 Å². The number of rotatable bonds is 3. The Labute approximate surface area is 87.6 Å². The van der Waals surface area contributed by atoms with E-state index in [0.29, 0.717) is 11.6 Å². The fraction of sp³-hybridized carbons (Fsp3) is 0.364. The van der Waals surface area contributed by atoms with Gasteiger partial charge in [0, 0.05) is 5.69 Å². The molecular formula is C11H13NO3. The molecule has 1 saturated carbocycles. The van der Waals surface area contributed by atoms with Gasteiger partial charge in [0.05, 0.1) is 6.61 Å². The normalized spacial score (nSPS) is 15.0. The smallest absolute Gasteiger partial charge is 0.409 e. The summed E-state index contributed by atoms with van der Waals surface area (Å²) in [6.45, 7) is -0.0407. The molecule has 1 fully saturated rings. The molecule has 0 heterocycles. The third kappa shape index (κ3) is 2.27. The SMILES string of the molecule is O=C(O)Nc1ccc(C2CC2)c(CO)c1. The number of aliphatic hydroxyl groups is 1. The summed E-state index contributed by atoms with van der Waals surface area (Å²) in [5.41, 5.74) is 2.48. The molecule has 0 radical (unpaired) electrons.